The fourth-order valence-corrected chi connectivity index (χ4v) is 1.34. The van der Waals surface area contributed by atoms with E-state index in [9.17, 15) is 9.90 Å². The average Bonchev–Trinajstić information content (AvgIpc) is 2.26. The Bertz CT molecular complexity index is 433. The van der Waals surface area contributed by atoms with Gasteiger partial charge in [-0.25, -0.2) is 0 Å². The Morgan fingerprint density at radius 2 is 1.78 bits per heavy atom. The molecular weight excluding hydrogens is 230 g/mol. The molecule has 0 bridgehead atoms. The van der Waals surface area contributed by atoms with Crippen LogP contribution < -0.4 is 10.1 Å². The Balaban J connectivity index is 2.96. The van der Waals surface area contributed by atoms with Gasteiger partial charge in [0, 0.05) is 0 Å². The summed E-state index contributed by atoms with van der Waals surface area (Å²) >= 11 is 0. The molecule has 18 heavy (non-hydrogen) atoms. The number of methoxy groups -OCH3 is 1. The largest absolute Gasteiger partial charge is 0.496 e. The number of amides is 1. The standard InChI is InChI=1S/C14H21NO3/c1-13(2,14(3,4)17)15-12(16)10-8-6-7-9-11(10)18-5/h6-9,17H,1-5H3,(H,15,16). The van der Waals surface area contributed by atoms with E-state index in [1.807, 2.05) is 0 Å². The number of benzene rings is 1. The highest BCUT2D eigenvalue weighted by molar-refractivity contribution is 5.97. The first kappa shape index (κ1) is 14.5. The Labute approximate surface area is 108 Å². The number of aliphatic hydroxyl groups is 1. The van der Waals surface area contributed by atoms with Gasteiger partial charge in [-0.15, -0.1) is 0 Å². The predicted octanol–water partition coefficient (Wildman–Crippen LogP) is 1.97. The van der Waals surface area contributed by atoms with Gasteiger partial charge in [0.25, 0.3) is 5.91 Å². The van der Waals surface area contributed by atoms with Gasteiger partial charge in [0.15, 0.2) is 0 Å². The molecule has 0 aromatic heterocycles. The molecule has 0 saturated heterocycles. The van der Waals surface area contributed by atoms with Gasteiger partial charge >= 0.3 is 0 Å². The summed E-state index contributed by atoms with van der Waals surface area (Å²) in [6.07, 6.45) is 0. The highest BCUT2D eigenvalue weighted by Crippen LogP contribution is 2.23. The number of hydrogen-bond acceptors (Lipinski definition) is 3. The molecule has 4 nitrogen and oxygen atoms in total. The molecule has 0 unspecified atom stereocenters. The van der Waals surface area contributed by atoms with Gasteiger partial charge in [-0.2, -0.15) is 0 Å². The summed E-state index contributed by atoms with van der Waals surface area (Å²) in [6, 6.07) is 6.99. The minimum Gasteiger partial charge on any atom is -0.496 e. The Kier molecular flexibility index (Phi) is 4.02. The molecule has 0 radical (unpaired) electrons. The number of ether oxygens (including phenoxy) is 1. The number of carbonyl (C=O) groups excluding carboxylic acids is 1. The van der Waals surface area contributed by atoms with E-state index in [-0.39, 0.29) is 5.91 Å². The Morgan fingerprint density at radius 3 is 2.28 bits per heavy atom. The summed E-state index contributed by atoms with van der Waals surface area (Å²) in [7, 11) is 1.52. The van der Waals surface area contributed by atoms with E-state index < -0.39 is 11.1 Å². The smallest absolute Gasteiger partial charge is 0.255 e. The summed E-state index contributed by atoms with van der Waals surface area (Å²) in [5, 5.41) is 12.8. The van der Waals surface area contributed by atoms with E-state index in [4.69, 9.17) is 4.74 Å². The summed E-state index contributed by atoms with van der Waals surface area (Å²) < 4.78 is 5.14. The monoisotopic (exact) mass is 251 g/mol. The van der Waals surface area contributed by atoms with Crippen LogP contribution in [0.15, 0.2) is 24.3 Å². The van der Waals surface area contributed by atoms with Gasteiger partial charge in [-0.1, -0.05) is 12.1 Å². The van der Waals surface area contributed by atoms with Crippen LogP contribution in [0, 0.1) is 0 Å². The van der Waals surface area contributed by atoms with Crippen LogP contribution in [0.25, 0.3) is 0 Å². The van der Waals surface area contributed by atoms with Crippen molar-refractivity contribution in [1.29, 1.82) is 0 Å². The van der Waals surface area contributed by atoms with Gasteiger partial charge in [-0.05, 0) is 39.8 Å². The number of para-hydroxylation sites is 1. The molecule has 2 N–H and O–H groups in total. The molecule has 0 aliphatic heterocycles. The minimum atomic E-state index is -1.02. The van der Waals surface area contributed by atoms with Crippen molar-refractivity contribution in [3.05, 3.63) is 29.8 Å². The van der Waals surface area contributed by atoms with E-state index in [1.165, 1.54) is 7.11 Å². The van der Waals surface area contributed by atoms with Crippen LogP contribution in [-0.2, 0) is 0 Å². The lowest BCUT2D eigenvalue weighted by molar-refractivity contribution is -0.00297. The zero-order chi connectivity index (χ0) is 14.0. The van der Waals surface area contributed by atoms with Crippen molar-refractivity contribution in [2.24, 2.45) is 0 Å². The molecule has 0 atom stereocenters. The van der Waals surface area contributed by atoms with Gasteiger partial charge in [0.05, 0.1) is 23.8 Å². The SMILES string of the molecule is COc1ccccc1C(=O)NC(C)(C)C(C)(C)O. The quantitative estimate of drug-likeness (QED) is 0.860. The lowest BCUT2D eigenvalue weighted by atomic mass is 9.85. The van der Waals surface area contributed by atoms with Crippen LogP contribution in [0.3, 0.4) is 0 Å². The molecular formula is C14H21NO3. The molecule has 1 rings (SSSR count). The van der Waals surface area contributed by atoms with Crippen molar-refractivity contribution in [2.45, 2.75) is 38.8 Å². The highest BCUT2D eigenvalue weighted by Gasteiger charge is 2.36. The summed E-state index contributed by atoms with van der Waals surface area (Å²) in [6.45, 7) is 6.88. The number of nitrogens with one attached hydrogen (secondary N) is 1. The van der Waals surface area contributed by atoms with Gasteiger partial charge in [0.1, 0.15) is 5.75 Å². The first-order chi connectivity index (χ1) is 8.19. The number of rotatable bonds is 4. The third-order valence-electron chi connectivity index (χ3n) is 3.31. The van der Waals surface area contributed by atoms with Crippen molar-refractivity contribution >= 4 is 5.91 Å². The van der Waals surface area contributed by atoms with Crippen molar-refractivity contribution in [3.8, 4) is 5.75 Å². The van der Waals surface area contributed by atoms with Gasteiger partial charge in [-0.3, -0.25) is 4.79 Å². The van der Waals surface area contributed by atoms with Crippen molar-refractivity contribution in [1.82, 2.24) is 5.32 Å². The third kappa shape index (κ3) is 3.01. The van der Waals surface area contributed by atoms with Crippen LogP contribution in [0.5, 0.6) is 5.75 Å². The first-order valence-corrected chi connectivity index (χ1v) is 5.87. The van der Waals surface area contributed by atoms with Crippen LogP contribution >= 0.6 is 0 Å². The van der Waals surface area contributed by atoms with Crippen LogP contribution in [-0.4, -0.2) is 29.3 Å². The molecule has 1 aromatic carbocycles. The molecule has 4 heteroatoms. The fourth-order valence-electron chi connectivity index (χ4n) is 1.34. The van der Waals surface area contributed by atoms with E-state index in [0.29, 0.717) is 11.3 Å². The molecule has 0 heterocycles. The van der Waals surface area contributed by atoms with Crippen molar-refractivity contribution < 1.29 is 14.6 Å². The van der Waals surface area contributed by atoms with E-state index in [1.54, 1.807) is 52.0 Å². The Hall–Kier alpha value is -1.55. The maximum Gasteiger partial charge on any atom is 0.255 e. The molecule has 1 aromatic rings. The summed E-state index contributed by atoms with van der Waals surface area (Å²) in [4.78, 5) is 12.2. The predicted molar refractivity (Wildman–Crippen MR) is 70.8 cm³/mol. The maximum absolute atomic E-state index is 12.2. The third-order valence-corrected chi connectivity index (χ3v) is 3.31. The normalized spacial score (nSPS) is 12.1. The Morgan fingerprint density at radius 1 is 1.22 bits per heavy atom. The molecule has 0 aliphatic carbocycles. The highest BCUT2D eigenvalue weighted by atomic mass is 16.5. The summed E-state index contributed by atoms with van der Waals surface area (Å²) in [5.74, 6) is 0.251. The molecule has 1 amide bonds. The second-order valence-electron chi connectivity index (χ2n) is 5.34. The zero-order valence-electron chi connectivity index (χ0n) is 11.6. The second-order valence-corrected chi connectivity index (χ2v) is 5.34. The first-order valence-electron chi connectivity index (χ1n) is 5.87. The lowest BCUT2D eigenvalue weighted by Gasteiger charge is -2.38. The second kappa shape index (κ2) is 4.98. The minimum absolute atomic E-state index is 0.264. The zero-order valence-corrected chi connectivity index (χ0v) is 11.6. The fraction of sp³-hybridized carbons (Fsp3) is 0.500. The number of hydrogen-bond donors (Lipinski definition) is 2. The molecule has 0 saturated carbocycles. The van der Waals surface area contributed by atoms with Crippen molar-refractivity contribution in [2.75, 3.05) is 7.11 Å². The average molecular weight is 251 g/mol. The van der Waals surface area contributed by atoms with Gasteiger partial charge < -0.3 is 15.2 Å². The molecule has 0 aliphatic rings. The van der Waals surface area contributed by atoms with E-state index >= 15 is 0 Å². The lowest BCUT2D eigenvalue weighted by Crippen LogP contribution is -2.57. The van der Waals surface area contributed by atoms with Crippen molar-refractivity contribution in [3.63, 3.8) is 0 Å². The molecule has 0 fully saturated rings. The summed E-state index contributed by atoms with van der Waals surface area (Å²) in [5.41, 5.74) is -1.31. The van der Waals surface area contributed by atoms with Crippen LogP contribution in [0.1, 0.15) is 38.1 Å². The maximum atomic E-state index is 12.2. The van der Waals surface area contributed by atoms with Crippen LogP contribution in [0.4, 0.5) is 0 Å². The number of carbonyl (C=O) groups is 1. The van der Waals surface area contributed by atoms with Gasteiger partial charge in [0.2, 0.25) is 0 Å². The van der Waals surface area contributed by atoms with E-state index in [0.717, 1.165) is 0 Å². The molecule has 0 spiro atoms. The van der Waals surface area contributed by atoms with Crippen LogP contribution in [0.2, 0.25) is 0 Å². The molecule has 100 valence electrons. The van der Waals surface area contributed by atoms with E-state index in [2.05, 4.69) is 5.32 Å². The topological polar surface area (TPSA) is 58.6 Å².